The Morgan fingerprint density at radius 1 is 1.39 bits per heavy atom. The van der Waals surface area contributed by atoms with Crippen molar-refractivity contribution in [3.63, 3.8) is 0 Å². The molecule has 5 N–H and O–H groups in total. The van der Waals surface area contributed by atoms with Crippen LogP contribution in [-0.2, 0) is 4.79 Å². The van der Waals surface area contributed by atoms with Gasteiger partial charge in [0.1, 0.15) is 11.8 Å². The van der Waals surface area contributed by atoms with Crippen molar-refractivity contribution in [2.75, 3.05) is 7.11 Å². The first kappa shape index (κ1) is 14.5. The molecule has 0 spiro atoms. The van der Waals surface area contributed by atoms with E-state index in [1.165, 1.54) is 0 Å². The SMILES string of the molecule is COc1c(C)cc(C)cc1C(N)CC(N)C(=O)O. The summed E-state index contributed by atoms with van der Waals surface area (Å²) in [6.07, 6.45) is 0.175. The van der Waals surface area contributed by atoms with Crippen molar-refractivity contribution in [2.45, 2.75) is 32.4 Å². The number of hydrogen-bond acceptors (Lipinski definition) is 4. The van der Waals surface area contributed by atoms with E-state index in [2.05, 4.69) is 0 Å². The van der Waals surface area contributed by atoms with Gasteiger partial charge in [-0.25, -0.2) is 0 Å². The Bertz CT molecular complexity index is 446. The Kier molecular flexibility index (Phi) is 4.69. The van der Waals surface area contributed by atoms with Gasteiger partial charge in [0.05, 0.1) is 7.11 Å². The highest BCUT2D eigenvalue weighted by Gasteiger charge is 2.20. The van der Waals surface area contributed by atoms with Gasteiger partial charge in [0.2, 0.25) is 0 Å². The van der Waals surface area contributed by atoms with Crippen molar-refractivity contribution in [1.29, 1.82) is 0 Å². The first-order valence-electron chi connectivity index (χ1n) is 5.76. The minimum atomic E-state index is -1.05. The number of carboxylic acids is 1. The molecular weight excluding hydrogens is 232 g/mol. The van der Waals surface area contributed by atoms with E-state index >= 15 is 0 Å². The fraction of sp³-hybridized carbons (Fsp3) is 0.462. The van der Waals surface area contributed by atoms with Gasteiger partial charge in [-0.3, -0.25) is 4.79 Å². The average Bonchev–Trinajstić information content (AvgIpc) is 2.27. The van der Waals surface area contributed by atoms with Gasteiger partial charge in [0, 0.05) is 11.6 Å². The van der Waals surface area contributed by atoms with Gasteiger partial charge in [-0.05, 0) is 25.8 Å². The summed E-state index contributed by atoms with van der Waals surface area (Å²) in [7, 11) is 1.57. The molecule has 0 saturated carbocycles. The largest absolute Gasteiger partial charge is 0.496 e. The molecule has 100 valence electrons. The molecule has 0 amide bonds. The quantitative estimate of drug-likeness (QED) is 0.729. The minimum absolute atomic E-state index is 0.175. The van der Waals surface area contributed by atoms with Gasteiger partial charge in [0.25, 0.3) is 0 Å². The number of aliphatic carboxylic acids is 1. The monoisotopic (exact) mass is 252 g/mol. The van der Waals surface area contributed by atoms with Crippen LogP contribution in [0.5, 0.6) is 5.75 Å². The third-order valence-electron chi connectivity index (χ3n) is 2.88. The van der Waals surface area contributed by atoms with E-state index in [1.807, 2.05) is 26.0 Å². The number of nitrogens with two attached hydrogens (primary N) is 2. The van der Waals surface area contributed by atoms with Crippen LogP contribution < -0.4 is 16.2 Å². The lowest BCUT2D eigenvalue weighted by molar-refractivity contribution is -0.138. The lowest BCUT2D eigenvalue weighted by atomic mass is 9.96. The molecule has 0 aliphatic carbocycles. The summed E-state index contributed by atoms with van der Waals surface area (Å²) >= 11 is 0. The fourth-order valence-corrected chi connectivity index (χ4v) is 2.04. The van der Waals surface area contributed by atoms with E-state index in [4.69, 9.17) is 21.3 Å². The molecule has 0 radical (unpaired) electrons. The molecule has 2 atom stereocenters. The number of carbonyl (C=O) groups is 1. The average molecular weight is 252 g/mol. The molecule has 1 rings (SSSR count). The van der Waals surface area contributed by atoms with E-state index in [0.29, 0.717) is 5.75 Å². The molecule has 1 aromatic rings. The molecule has 5 nitrogen and oxygen atoms in total. The molecule has 0 fully saturated rings. The van der Waals surface area contributed by atoms with E-state index in [1.54, 1.807) is 7.11 Å². The first-order valence-corrected chi connectivity index (χ1v) is 5.76. The normalized spacial score (nSPS) is 14.1. The van der Waals surface area contributed by atoms with Crippen LogP contribution in [0.2, 0.25) is 0 Å². The number of benzene rings is 1. The molecule has 0 bridgehead atoms. The molecular formula is C13H20N2O3. The highest BCUT2D eigenvalue weighted by Crippen LogP contribution is 2.30. The topological polar surface area (TPSA) is 98.6 Å². The lowest BCUT2D eigenvalue weighted by Gasteiger charge is -2.19. The van der Waals surface area contributed by atoms with Crippen LogP contribution in [0.4, 0.5) is 0 Å². The Hall–Kier alpha value is -1.59. The maximum absolute atomic E-state index is 10.7. The van der Waals surface area contributed by atoms with Crippen LogP contribution in [0.15, 0.2) is 12.1 Å². The third-order valence-corrected chi connectivity index (χ3v) is 2.88. The number of carboxylic acid groups (broad SMARTS) is 1. The maximum atomic E-state index is 10.7. The second-order valence-electron chi connectivity index (χ2n) is 4.49. The Balaban J connectivity index is 3.04. The molecule has 5 heteroatoms. The van der Waals surface area contributed by atoms with Crippen LogP contribution in [0.3, 0.4) is 0 Å². The second-order valence-corrected chi connectivity index (χ2v) is 4.49. The highest BCUT2D eigenvalue weighted by molar-refractivity contribution is 5.73. The second kappa shape index (κ2) is 5.84. The predicted octanol–water partition coefficient (Wildman–Crippen LogP) is 1.11. The Morgan fingerprint density at radius 3 is 2.50 bits per heavy atom. The molecule has 0 saturated heterocycles. The maximum Gasteiger partial charge on any atom is 0.320 e. The van der Waals surface area contributed by atoms with Gasteiger partial charge in [-0.15, -0.1) is 0 Å². The Labute approximate surface area is 107 Å². The highest BCUT2D eigenvalue weighted by atomic mass is 16.5. The van der Waals surface area contributed by atoms with E-state index in [-0.39, 0.29) is 6.42 Å². The molecule has 2 unspecified atom stereocenters. The minimum Gasteiger partial charge on any atom is -0.496 e. The predicted molar refractivity (Wildman–Crippen MR) is 69.6 cm³/mol. The third kappa shape index (κ3) is 3.21. The number of ether oxygens (including phenoxy) is 1. The van der Waals surface area contributed by atoms with Crippen molar-refractivity contribution < 1.29 is 14.6 Å². The van der Waals surface area contributed by atoms with Crippen LogP contribution in [0, 0.1) is 13.8 Å². The molecule has 0 aliphatic rings. The summed E-state index contributed by atoms with van der Waals surface area (Å²) in [6, 6.07) is 2.48. The van der Waals surface area contributed by atoms with E-state index in [0.717, 1.165) is 16.7 Å². The summed E-state index contributed by atoms with van der Waals surface area (Å²) in [5.41, 5.74) is 14.4. The van der Waals surface area contributed by atoms with Crippen molar-refractivity contribution in [1.82, 2.24) is 0 Å². The van der Waals surface area contributed by atoms with Crippen molar-refractivity contribution >= 4 is 5.97 Å². The fourth-order valence-electron chi connectivity index (χ4n) is 2.04. The molecule has 1 aromatic carbocycles. The molecule has 0 heterocycles. The first-order chi connectivity index (χ1) is 8.36. The number of aryl methyl sites for hydroxylation is 2. The number of methoxy groups -OCH3 is 1. The lowest BCUT2D eigenvalue weighted by Crippen LogP contribution is -2.34. The van der Waals surface area contributed by atoms with Crippen LogP contribution in [-0.4, -0.2) is 24.2 Å². The van der Waals surface area contributed by atoms with Crippen LogP contribution in [0.1, 0.15) is 29.2 Å². The zero-order chi connectivity index (χ0) is 13.9. The number of rotatable bonds is 5. The summed E-state index contributed by atoms with van der Waals surface area (Å²) < 4.78 is 5.33. The van der Waals surface area contributed by atoms with Crippen LogP contribution in [0.25, 0.3) is 0 Å². The van der Waals surface area contributed by atoms with Gasteiger partial charge in [-0.2, -0.15) is 0 Å². The zero-order valence-electron chi connectivity index (χ0n) is 10.9. The molecule has 0 aliphatic heterocycles. The van der Waals surface area contributed by atoms with E-state index in [9.17, 15) is 4.79 Å². The van der Waals surface area contributed by atoms with Gasteiger partial charge < -0.3 is 21.3 Å². The summed E-state index contributed by atoms with van der Waals surface area (Å²) in [5.74, 6) is -0.348. The zero-order valence-corrected chi connectivity index (χ0v) is 10.9. The van der Waals surface area contributed by atoms with Crippen molar-refractivity contribution in [3.05, 3.63) is 28.8 Å². The summed E-state index contributed by atoms with van der Waals surface area (Å²) in [5, 5.41) is 8.80. The molecule has 18 heavy (non-hydrogen) atoms. The van der Waals surface area contributed by atoms with Gasteiger partial charge in [0.15, 0.2) is 0 Å². The van der Waals surface area contributed by atoms with Gasteiger partial charge in [-0.1, -0.05) is 17.7 Å². The van der Waals surface area contributed by atoms with E-state index < -0.39 is 18.1 Å². The van der Waals surface area contributed by atoms with Gasteiger partial charge >= 0.3 is 5.97 Å². The van der Waals surface area contributed by atoms with Crippen molar-refractivity contribution in [3.8, 4) is 5.75 Å². The van der Waals surface area contributed by atoms with Crippen LogP contribution >= 0.6 is 0 Å². The molecule has 0 aromatic heterocycles. The Morgan fingerprint density at radius 2 is 2.00 bits per heavy atom. The summed E-state index contributed by atoms with van der Waals surface area (Å²) in [4.78, 5) is 10.7. The smallest absolute Gasteiger partial charge is 0.320 e. The summed E-state index contributed by atoms with van der Waals surface area (Å²) in [6.45, 7) is 3.89. The standard InChI is InChI=1S/C13H20N2O3/c1-7-4-8(2)12(18-3)9(5-7)10(14)6-11(15)13(16)17/h4-5,10-11H,6,14-15H2,1-3H3,(H,16,17). The van der Waals surface area contributed by atoms with Crippen molar-refractivity contribution in [2.24, 2.45) is 11.5 Å². The number of hydrogen-bond donors (Lipinski definition) is 3.